The van der Waals surface area contributed by atoms with E-state index in [1.165, 1.54) is 4.90 Å². The van der Waals surface area contributed by atoms with Crippen molar-refractivity contribution >= 4 is 23.4 Å². The molecule has 0 unspecified atom stereocenters. The van der Waals surface area contributed by atoms with Crippen LogP contribution < -0.4 is 0 Å². The van der Waals surface area contributed by atoms with Crippen molar-refractivity contribution < 1.29 is 9.59 Å². The van der Waals surface area contributed by atoms with Crippen LogP contribution in [0.4, 0.5) is 0 Å². The van der Waals surface area contributed by atoms with E-state index in [1.807, 2.05) is 19.1 Å². The molecule has 24 heavy (non-hydrogen) atoms. The molecule has 5 heteroatoms. The summed E-state index contributed by atoms with van der Waals surface area (Å²) in [4.78, 5) is 27.8. The van der Waals surface area contributed by atoms with Crippen LogP contribution in [-0.4, -0.2) is 42.3 Å². The Morgan fingerprint density at radius 2 is 1.38 bits per heavy atom. The molecule has 0 bridgehead atoms. The molecule has 2 amide bonds. The zero-order valence-electron chi connectivity index (χ0n) is 14.1. The minimum atomic E-state index is -0.0392. The molecule has 0 aliphatic rings. The summed E-state index contributed by atoms with van der Waals surface area (Å²) in [7, 11) is 3.44. The van der Waals surface area contributed by atoms with Crippen LogP contribution >= 0.6 is 11.6 Å². The van der Waals surface area contributed by atoms with Gasteiger partial charge in [-0.25, -0.2) is 0 Å². The summed E-state index contributed by atoms with van der Waals surface area (Å²) in [5.74, 6) is -0.0752. The maximum absolute atomic E-state index is 12.6. The van der Waals surface area contributed by atoms with Gasteiger partial charge in [0.25, 0.3) is 11.8 Å². The molecule has 2 rings (SSSR count). The van der Waals surface area contributed by atoms with Crippen molar-refractivity contribution in [1.29, 1.82) is 0 Å². The van der Waals surface area contributed by atoms with Gasteiger partial charge >= 0.3 is 0 Å². The van der Waals surface area contributed by atoms with Crippen LogP contribution in [0.2, 0.25) is 5.02 Å². The van der Waals surface area contributed by atoms with Gasteiger partial charge in [-0.05, 0) is 48.9 Å². The van der Waals surface area contributed by atoms with Crippen LogP contribution in [-0.2, 0) is 6.54 Å². The van der Waals surface area contributed by atoms with E-state index in [-0.39, 0.29) is 11.8 Å². The number of hydrogen-bond donors (Lipinski definition) is 0. The maximum atomic E-state index is 12.6. The molecule has 126 valence electrons. The van der Waals surface area contributed by atoms with Gasteiger partial charge < -0.3 is 9.80 Å². The Balaban J connectivity index is 2.11. The van der Waals surface area contributed by atoms with Gasteiger partial charge in [-0.15, -0.1) is 0 Å². The molecule has 0 fully saturated rings. The molecule has 0 saturated carbocycles. The van der Waals surface area contributed by atoms with E-state index in [4.69, 9.17) is 11.6 Å². The van der Waals surface area contributed by atoms with E-state index in [9.17, 15) is 9.59 Å². The molecule has 0 spiro atoms. The first-order valence-electron chi connectivity index (χ1n) is 7.77. The van der Waals surface area contributed by atoms with E-state index in [0.717, 1.165) is 5.56 Å². The molecule has 0 saturated heterocycles. The second-order valence-corrected chi connectivity index (χ2v) is 6.16. The average molecular weight is 345 g/mol. The predicted octanol–water partition coefficient (Wildman–Crippen LogP) is 3.70. The second-order valence-electron chi connectivity index (χ2n) is 5.72. The van der Waals surface area contributed by atoms with Gasteiger partial charge in [-0.3, -0.25) is 9.59 Å². The van der Waals surface area contributed by atoms with Gasteiger partial charge in [0.15, 0.2) is 0 Å². The Morgan fingerprint density at radius 1 is 0.875 bits per heavy atom. The van der Waals surface area contributed by atoms with Gasteiger partial charge in [-0.1, -0.05) is 23.7 Å². The van der Waals surface area contributed by atoms with Gasteiger partial charge in [0.1, 0.15) is 0 Å². The van der Waals surface area contributed by atoms with E-state index in [1.54, 1.807) is 55.4 Å². The van der Waals surface area contributed by atoms with Crippen LogP contribution in [0.1, 0.15) is 33.2 Å². The van der Waals surface area contributed by atoms with E-state index in [2.05, 4.69) is 0 Å². The molecule has 2 aromatic rings. The first kappa shape index (κ1) is 18.0. The first-order chi connectivity index (χ1) is 11.4. The van der Waals surface area contributed by atoms with E-state index in [0.29, 0.717) is 29.2 Å². The van der Waals surface area contributed by atoms with E-state index < -0.39 is 0 Å². The van der Waals surface area contributed by atoms with Crippen LogP contribution in [0, 0.1) is 0 Å². The lowest BCUT2D eigenvalue weighted by Gasteiger charge is -2.21. The topological polar surface area (TPSA) is 40.6 Å². The lowest BCUT2D eigenvalue weighted by molar-refractivity contribution is 0.0751. The van der Waals surface area contributed by atoms with Gasteiger partial charge in [-0.2, -0.15) is 0 Å². The molecule has 2 aromatic carbocycles. The Bertz CT molecular complexity index is 709. The predicted molar refractivity (Wildman–Crippen MR) is 96.3 cm³/mol. The Morgan fingerprint density at radius 3 is 1.88 bits per heavy atom. The number of nitrogens with zero attached hydrogens (tertiary/aromatic N) is 2. The van der Waals surface area contributed by atoms with Crippen molar-refractivity contribution in [3.05, 3.63) is 70.2 Å². The van der Waals surface area contributed by atoms with Crippen molar-refractivity contribution in [3.63, 3.8) is 0 Å². The van der Waals surface area contributed by atoms with Crippen molar-refractivity contribution in [2.24, 2.45) is 0 Å². The van der Waals surface area contributed by atoms with Gasteiger partial charge in [0.05, 0.1) is 0 Å². The third-order valence-corrected chi connectivity index (χ3v) is 3.99. The Hall–Kier alpha value is -2.33. The van der Waals surface area contributed by atoms with E-state index >= 15 is 0 Å². The van der Waals surface area contributed by atoms with Crippen LogP contribution in [0.3, 0.4) is 0 Å². The standard InChI is InChI=1S/C19H21ClN2O2/c1-4-22(19(24)16-9-11-17(20)12-10-16)13-14-5-7-15(8-6-14)18(23)21(2)3/h5-12H,4,13H2,1-3H3. The van der Waals surface area contributed by atoms with Crippen LogP contribution in [0.5, 0.6) is 0 Å². The highest BCUT2D eigenvalue weighted by molar-refractivity contribution is 6.30. The number of carbonyl (C=O) groups excluding carboxylic acids is 2. The lowest BCUT2D eigenvalue weighted by atomic mass is 10.1. The Labute approximate surface area is 147 Å². The monoisotopic (exact) mass is 344 g/mol. The number of rotatable bonds is 5. The van der Waals surface area contributed by atoms with Crippen molar-refractivity contribution in [3.8, 4) is 0 Å². The molecule has 0 N–H and O–H groups in total. The molecule has 0 aliphatic heterocycles. The molecular formula is C19H21ClN2O2. The zero-order valence-corrected chi connectivity index (χ0v) is 14.9. The number of benzene rings is 2. The number of carbonyl (C=O) groups is 2. The normalized spacial score (nSPS) is 10.3. The molecule has 0 atom stereocenters. The molecule has 0 aliphatic carbocycles. The smallest absolute Gasteiger partial charge is 0.254 e. The molecular weight excluding hydrogens is 324 g/mol. The highest BCUT2D eigenvalue weighted by atomic mass is 35.5. The highest BCUT2D eigenvalue weighted by Crippen LogP contribution is 2.14. The summed E-state index contributed by atoms with van der Waals surface area (Å²) in [5.41, 5.74) is 2.23. The van der Waals surface area contributed by atoms with Crippen LogP contribution in [0.15, 0.2) is 48.5 Å². The molecule has 4 nitrogen and oxygen atoms in total. The maximum Gasteiger partial charge on any atom is 0.254 e. The van der Waals surface area contributed by atoms with Crippen molar-refractivity contribution in [2.45, 2.75) is 13.5 Å². The van der Waals surface area contributed by atoms with Gasteiger partial charge in [0, 0.05) is 43.3 Å². The zero-order chi connectivity index (χ0) is 17.7. The average Bonchev–Trinajstić information content (AvgIpc) is 2.59. The van der Waals surface area contributed by atoms with Crippen LogP contribution in [0.25, 0.3) is 0 Å². The second kappa shape index (κ2) is 7.97. The molecule has 0 heterocycles. The van der Waals surface area contributed by atoms with Gasteiger partial charge in [0.2, 0.25) is 0 Å². The summed E-state index contributed by atoms with van der Waals surface area (Å²) in [6.07, 6.45) is 0. The number of hydrogen-bond acceptors (Lipinski definition) is 2. The summed E-state index contributed by atoms with van der Waals surface area (Å²) in [6.45, 7) is 3.03. The highest BCUT2D eigenvalue weighted by Gasteiger charge is 2.15. The third-order valence-electron chi connectivity index (χ3n) is 3.74. The SMILES string of the molecule is CCN(Cc1ccc(C(=O)N(C)C)cc1)C(=O)c1ccc(Cl)cc1. The Kier molecular flexibility index (Phi) is 5.99. The lowest BCUT2D eigenvalue weighted by Crippen LogP contribution is -2.30. The fourth-order valence-corrected chi connectivity index (χ4v) is 2.46. The summed E-state index contributed by atoms with van der Waals surface area (Å²) < 4.78 is 0. The largest absolute Gasteiger partial charge is 0.345 e. The summed E-state index contributed by atoms with van der Waals surface area (Å²) in [5, 5.41) is 0.607. The molecule has 0 aromatic heterocycles. The third kappa shape index (κ3) is 4.36. The summed E-state index contributed by atoms with van der Waals surface area (Å²) >= 11 is 5.87. The first-order valence-corrected chi connectivity index (χ1v) is 8.15. The summed E-state index contributed by atoms with van der Waals surface area (Å²) in [6, 6.07) is 14.2. The minimum Gasteiger partial charge on any atom is -0.345 e. The number of amides is 2. The quantitative estimate of drug-likeness (QED) is 0.829. The van der Waals surface area contributed by atoms with Crippen molar-refractivity contribution in [1.82, 2.24) is 9.80 Å². The fraction of sp³-hybridized carbons (Fsp3) is 0.263. The minimum absolute atomic E-state index is 0.0360. The van der Waals surface area contributed by atoms with Crippen molar-refractivity contribution in [2.75, 3.05) is 20.6 Å². The molecule has 0 radical (unpaired) electrons. The fourth-order valence-electron chi connectivity index (χ4n) is 2.33. The number of halogens is 1.